The number of carbonyl (C=O) groups is 1. The van der Waals surface area contributed by atoms with Crippen LogP contribution < -0.4 is 0 Å². The lowest BCUT2D eigenvalue weighted by Gasteiger charge is -2.51. The fraction of sp³-hybridized carbons (Fsp3) is 0.273. The second-order valence-corrected chi connectivity index (χ2v) is 10.8. The zero-order chi connectivity index (χ0) is 26.4. The van der Waals surface area contributed by atoms with Crippen LogP contribution in [-0.2, 0) is 15.1 Å². The van der Waals surface area contributed by atoms with Crippen LogP contribution in [0, 0.1) is 0 Å². The summed E-state index contributed by atoms with van der Waals surface area (Å²) in [4.78, 5) is 19.7. The normalized spacial score (nSPS) is 23.7. The maximum atomic E-state index is 13.5. The minimum absolute atomic E-state index is 0.0109. The van der Waals surface area contributed by atoms with E-state index in [1.54, 1.807) is 6.20 Å². The maximum absolute atomic E-state index is 13.5. The molecule has 6 nitrogen and oxygen atoms in total. The average molecular weight is 519 g/mol. The minimum Gasteiger partial charge on any atom is -0.448 e. The molecule has 1 N–H and O–H groups in total. The first-order chi connectivity index (χ1) is 19.1. The first-order valence-corrected chi connectivity index (χ1v) is 13.6. The Labute approximate surface area is 227 Å². The van der Waals surface area contributed by atoms with E-state index in [9.17, 15) is 9.90 Å². The largest absolute Gasteiger partial charge is 0.448 e. The Hall–Kier alpha value is -4.00. The van der Waals surface area contributed by atoms with Crippen LogP contribution in [0.5, 0.6) is 0 Å². The number of ether oxygens (including phenoxy) is 2. The molecule has 2 saturated heterocycles. The van der Waals surface area contributed by atoms with E-state index in [0.29, 0.717) is 26.1 Å². The smallest absolute Gasteiger partial charge is 0.410 e. The lowest BCUT2D eigenvalue weighted by atomic mass is 9.77. The highest BCUT2D eigenvalue weighted by Crippen LogP contribution is 2.45. The van der Waals surface area contributed by atoms with Gasteiger partial charge < -0.3 is 14.6 Å². The van der Waals surface area contributed by atoms with Crippen LogP contribution in [0.4, 0.5) is 4.79 Å². The molecule has 2 unspecified atom stereocenters. The summed E-state index contributed by atoms with van der Waals surface area (Å²) in [5, 5.41) is 11.8. The van der Waals surface area contributed by atoms with Crippen molar-refractivity contribution in [1.82, 2.24) is 9.88 Å². The Kier molecular flexibility index (Phi) is 5.94. The highest BCUT2D eigenvalue weighted by atomic mass is 16.6. The van der Waals surface area contributed by atoms with E-state index in [-0.39, 0.29) is 30.7 Å². The van der Waals surface area contributed by atoms with Gasteiger partial charge in [-0.25, -0.2) is 4.79 Å². The lowest BCUT2D eigenvalue weighted by Crippen LogP contribution is -2.62. The van der Waals surface area contributed by atoms with Crippen molar-refractivity contribution in [3.05, 3.63) is 114 Å². The van der Waals surface area contributed by atoms with Gasteiger partial charge in [-0.15, -0.1) is 0 Å². The van der Waals surface area contributed by atoms with Gasteiger partial charge in [0.1, 0.15) is 6.61 Å². The van der Waals surface area contributed by atoms with Crippen molar-refractivity contribution in [3.8, 4) is 22.4 Å². The second kappa shape index (κ2) is 9.63. The SMILES string of the molecule is O=C(OCC1c2ccccc2-c2ccccc21)N1C2COCC1CC(O)(c1ccc(-c3ccccn3)cc1)C2. The maximum Gasteiger partial charge on any atom is 0.410 e. The van der Waals surface area contributed by atoms with Crippen LogP contribution in [0.2, 0.25) is 0 Å². The van der Waals surface area contributed by atoms with Gasteiger partial charge in [0.15, 0.2) is 0 Å². The third-order valence-electron chi connectivity index (χ3n) is 8.48. The highest BCUT2D eigenvalue weighted by Gasteiger charge is 2.49. The Bertz CT molecular complexity index is 1440. The van der Waals surface area contributed by atoms with Gasteiger partial charge in [-0.2, -0.15) is 0 Å². The van der Waals surface area contributed by atoms with Gasteiger partial charge in [-0.05, 0) is 39.9 Å². The van der Waals surface area contributed by atoms with Gasteiger partial charge >= 0.3 is 6.09 Å². The highest BCUT2D eigenvalue weighted by molar-refractivity contribution is 5.79. The molecule has 2 aliphatic heterocycles. The Morgan fingerprint density at radius 3 is 2.10 bits per heavy atom. The number of rotatable bonds is 4. The monoisotopic (exact) mass is 518 g/mol. The molecule has 2 atom stereocenters. The van der Waals surface area contributed by atoms with Crippen LogP contribution in [0.25, 0.3) is 22.4 Å². The molecular formula is C33H30N2O4. The summed E-state index contributed by atoms with van der Waals surface area (Å²) in [7, 11) is 0. The number of aliphatic hydroxyl groups is 1. The predicted molar refractivity (Wildman–Crippen MR) is 148 cm³/mol. The molecule has 3 aliphatic rings. The van der Waals surface area contributed by atoms with E-state index in [2.05, 4.69) is 29.2 Å². The lowest BCUT2D eigenvalue weighted by molar-refractivity contribution is -0.136. The summed E-state index contributed by atoms with van der Waals surface area (Å²) in [6, 6.07) is 29.9. The number of hydrogen-bond acceptors (Lipinski definition) is 5. The number of hydrogen-bond donors (Lipinski definition) is 1. The molecule has 0 saturated carbocycles. The molecule has 39 heavy (non-hydrogen) atoms. The molecule has 0 spiro atoms. The van der Waals surface area contributed by atoms with Crippen molar-refractivity contribution in [2.45, 2.75) is 36.4 Å². The second-order valence-electron chi connectivity index (χ2n) is 10.8. The van der Waals surface area contributed by atoms with E-state index in [1.807, 2.05) is 71.6 Å². The molecule has 1 amide bonds. The van der Waals surface area contributed by atoms with Crippen molar-refractivity contribution in [2.75, 3.05) is 19.8 Å². The molecule has 7 rings (SSSR count). The number of fused-ring (bicyclic) bond motifs is 5. The summed E-state index contributed by atoms with van der Waals surface area (Å²) in [6.07, 6.45) is 2.24. The number of carbonyl (C=O) groups excluding carboxylic acids is 1. The van der Waals surface area contributed by atoms with Gasteiger partial charge in [0.2, 0.25) is 0 Å². The molecule has 1 aromatic heterocycles. The van der Waals surface area contributed by atoms with E-state index in [1.165, 1.54) is 22.3 Å². The molecule has 3 heterocycles. The number of pyridine rings is 1. The number of morpholine rings is 1. The molecule has 196 valence electrons. The molecule has 3 aromatic carbocycles. The number of benzene rings is 3. The zero-order valence-electron chi connectivity index (χ0n) is 21.6. The molecule has 1 aliphatic carbocycles. The van der Waals surface area contributed by atoms with Gasteiger partial charge in [-0.1, -0.05) is 78.9 Å². The molecule has 0 radical (unpaired) electrons. The summed E-state index contributed by atoms with van der Waals surface area (Å²) in [6.45, 7) is 1.05. The van der Waals surface area contributed by atoms with Crippen molar-refractivity contribution >= 4 is 6.09 Å². The van der Waals surface area contributed by atoms with Gasteiger partial charge in [-0.3, -0.25) is 9.88 Å². The first-order valence-electron chi connectivity index (χ1n) is 13.6. The summed E-state index contributed by atoms with van der Waals surface area (Å²) >= 11 is 0. The van der Waals surface area contributed by atoms with E-state index in [4.69, 9.17) is 9.47 Å². The number of amides is 1. The van der Waals surface area contributed by atoms with Gasteiger partial charge in [0.25, 0.3) is 0 Å². The zero-order valence-corrected chi connectivity index (χ0v) is 21.6. The molecule has 2 bridgehead atoms. The van der Waals surface area contributed by atoms with E-state index < -0.39 is 5.60 Å². The Morgan fingerprint density at radius 2 is 1.49 bits per heavy atom. The van der Waals surface area contributed by atoms with E-state index >= 15 is 0 Å². The number of nitrogens with zero attached hydrogens (tertiary/aromatic N) is 2. The standard InChI is InChI=1S/C33H30N2O4/c36-32(39-21-30-28-9-3-1-7-26(28)27-8-2-4-10-29(27)30)35-24-17-33(37,18-25(35)20-38-19-24)23-14-12-22(13-15-23)31-11-5-6-16-34-31/h1-16,24-25,30,37H,17-21H2. The quantitative estimate of drug-likeness (QED) is 0.373. The topological polar surface area (TPSA) is 71.9 Å². The predicted octanol–water partition coefficient (Wildman–Crippen LogP) is 5.75. The Balaban J connectivity index is 1.07. The number of aromatic nitrogens is 1. The molecule has 4 aromatic rings. The molecule has 6 heteroatoms. The number of piperidine rings is 1. The van der Waals surface area contributed by atoms with Crippen molar-refractivity contribution < 1.29 is 19.4 Å². The van der Waals surface area contributed by atoms with Gasteiger partial charge in [0.05, 0.1) is 36.6 Å². The summed E-state index contributed by atoms with van der Waals surface area (Å²) in [5.41, 5.74) is 6.50. The third kappa shape index (κ3) is 4.20. The summed E-state index contributed by atoms with van der Waals surface area (Å²) < 4.78 is 11.8. The van der Waals surface area contributed by atoms with Crippen LogP contribution in [0.1, 0.15) is 35.4 Å². The fourth-order valence-electron chi connectivity index (χ4n) is 6.66. The van der Waals surface area contributed by atoms with Crippen LogP contribution in [0.3, 0.4) is 0 Å². The molecular weight excluding hydrogens is 488 g/mol. The molecule has 2 fully saturated rings. The minimum atomic E-state index is -1.04. The van der Waals surface area contributed by atoms with Crippen LogP contribution >= 0.6 is 0 Å². The fourth-order valence-corrected chi connectivity index (χ4v) is 6.66. The van der Waals surface area contributed by atoms with Gasteiger partial charge in [0, 0.05) is 30.5 Å². The van der Waals surface area contributed by atoms with Crippen molar-refractivity contribution in [2.24, 2.45) is 0 Å². The average Bonchev–Trinajstić information content (AvgIpc) is 3.29. The van der Waals surface area contributed by atoms with E-state index in [0.717, 1.165) is 16.8 Å². The van der Waals surface area contributed by atoms with Crippen molar-refractivity contribution in [3.63, 3.8) is 0 Å². The Morgan fingerprint density at radius 1 is 0.872 bits per heavy atom. The third-order valence-corrected chi connectivity index (χ3v) is 8.48. The van der Waals surface area contributed by atoms with Crippen LogP contribution in [-0.4, -0.2) is 53.0 Å². The first kappa shape index (κ1) is 24.1. The van der Waals surface area contributed by atoms with Crippen molar-refractivity contribution in [1.29, 1.82) is 0 Å². The summed E-state index contributed by atoms with van der Waals surface area (Å²) in [5.74, 6) is 0.0109. The van der Waals surface area contributed by atoms with Crippen LogP contribution in [0.15, 0.2) is 97.2 Å².